The third kappa shape index (κ3) is 3.06. The molecule has 3 nitrogen and oxygen atoms in total. The van der Waals surface area contributed by atoms with E-state index in [2.05, 4.69) is 5.32 Å². The number of benzene rings is 2. The third-order valence-corrected chi connectivity index (χ3v) is 3.29. The van der Waals surface area contributed by atoms with E-state index < -0.39 is 0 Å². The minimum atomic E-state index is -0.343. The molecule has 0 atom stereocenters. The molecule has 0 aromatic heterocycles. The molecule has 0 radical (unpaired) electrons. The predicted molar refractivity (Wildman–Crippen MR) is 84.0 cm³/mol. The summed E-state index contributed by atoms with van der Waals surface area (Å²) in [5, 5.41) is 2.73. The lowest BCUT2D eigenvalue weighted by molar-refractivity contribution is -0.112. The number of hydrogen-bond acceptors (Lipinski definition) is 2. The molecule has 1 aliphatic heterocycles. The van der Waals surface area contributed by atoms with Crippen molar-refractivity contribution in [2.45, 2.75) is 6.92 Å². The Balaban J connectivity index is 1.85. The van der Waals surface area contributed by atoms with E-state index in [0.717, 1.165) is 11.1 Å². The second kappa shape index (κ2) is 5.85. The van der Waals surface area contributed by atoms with Crippen LogP contribution in [0.5, 0.6) is 5.75 Å². The number of anilines is 1. The SMILES string of the molecule is Cc1ccc2c(c1)OC=CC(C(=O)Nc1ccc(F)cc1)=C2. The predicted octanol–water partition coefficient (Wildman–Crippen LogP) is 4.06. The van der Waals surface area contributed by atoms with E-state index in [0.29, 0.717) is 17.0 Å². The van der Waals surface area contributed by atoms with E-state index >= 15 is 0 Å². The number of carbonyl (C=O) groups excluding carboxylic acids is 1. The van der Waals surface area contributed by atoms with E-state index in [1.54, 1.807) is 12.2 Å². The molecule has 1 amide bonds. The van der Waals surface area contributed by atoms with Gasteiger partial charge in [0.2, 0.25) is 0 Å². The Morgan fingerprint density at radius 3 is 2.68 bits per heavy atom. The molecule has 0 fully saturated rings. The van der Waals surface area contributed by atoms with Gasteiger partial charge in [-0.3, -0.25) is 4.79 Å². The Morgan fingerprint density at radius 2 is 1.91 bits per heavy atom. The summed E-state index contributed by atoms with van der Waals surface area (Å²) in [6, 6.07) is 11.4. The Morgan fingerprint density at radius 1 is 1.14 bits per heavy atom. The number of ether oxygens (including phenoxy) is 1. The number of amides is 1. The highest BCUT2D eigenvalue weighted by Gasteiger charge is 2.12. The van der Waals surface area contributed by atoms with Crippen LogP contribution in [0.25, 0.3) is 6.08 Å². The van der Waals surface area contributed by atoms with Crippen LogP contribution in [-0.4, -0.2) is 5.91 Å². The minimum absolute atomic E-state index is 0.278. The molecular weight excluding hydrogens is 281 g/mol. The average molecular weight is 295 g/mol. The summed E-state index contributed by atoms with van der Waals surface area (Å²) in [5.41, 5.74) is 2.92. The highest BCUT2D eigenvalue weighted by molar-refractivity contribution is 6.09. The number of rotatable bonds is 2. The molecule has 22 heavy (non-hydrogen) atoms. The lowest BCUT2D eigenvalue weighted by Gasteiger charge is -2.06. The number of fused-ring (bicyclic) bond motifs is 1. The van der Waals surface area contributed by atoms with Gasteiger partial charge in [0.1, 0.15) is 11.6 Å². The van der Waals surface area contributed by atoms with Crippen molar-refractivity contribution in [3.63, 3.8) is 0 Å². The maximum absolute atomic E-state index is 12.9. The Kier molecular flexibility index (Phi) is 3.74. The molecule has 1 N–H and O–H groups in total. The summed E-state index contributed by atoms with van der Waals surface area (Å²) in [6.45, 7) is 1.98. The third-order valence-electron chi connectivity index (χ3n) is 3.29. The van der Waals surface area contributed by atoms with Crippen LogP contribution < -0.4 is 10.1 Å². The van der Waals surface area contributed by atoms with Crippen LogP contribution in [0.1, 0.15) is 11.1 Å². The number of carbonyl (C=O) groups is 1. The van der Waals surface area contributed by atoms with E-state index in [1.807, 2.05) is 25.1 Å². The van der Waals surface area contributed by atoms with Crippen molar-refractivity contribution in [1.29, 1.82) is 0 Å². The summed E-state index contributed by atoms with van der Waals surface area (Å²) in [4.78, 5) is 12.3. The largest absolute Gasteiger partial charge is 0.464 e. The average Bonchev–Trinajstić information content (AvgIpc) is 2.71. The quantitative estimate of drug-likeness (QED) is 0.907. The van der Waals surface area contributed by atoms with Gasteiger partial charge in [0, 0.05) is 16.8 Å². The highest BCUT2D eigenvalue weighted by Crippen LogP contribution is 2.26. The fraction of sp³-hybridized carbons (Fsp3) is 0.0556. The lowest BCUT2D eigenvalue weighted by atomic mass is 10.1. The van der Waals surface area contributed by atoms with Gasteiger partial charge in [0.15, 0.2) is 0 Å². The van der Waals surface area contributed by atoms with Gasteiger partial charge in [-0.05, 0) is 55.0 Å². The molecule has 110 valence electrons. The van der Waals surface area contributed by atoms with Gasteiger partial charge >= 0.3 is 0 Å². The highest BCUT2D eigenvalue weighted by atomic mass is 19.1. The first kappa shape index (κ1) is 14.1. The number of hydrogen-bond donors (Lipinski definition) is 1. The molecule has 0 saturated heterocycles. The van der Waals surface area contributed by atoms with Gasteiger partial charge in [-0.25, -0.2) is 4.39 Å². The molecule has 2 aromatic carbocycles. The first-order chi connectivity index (χ1) is 10.6. The summed E-state index contributed by atoms with van der Waals surface area (Å²) in [7, 11) is 0. The number of halogens is 1. The Hall–Kier alpha value is -2.88. The molecular formula is C18H14FNO2. The van der Waals surface area contributed by atoms with Gasteiger partial charge < -0.3 is 10.1 Å². The van der Waals surface area contributed by atoms with E-state index in [4.69, 9.17) is 4.74 Å². The van der Waals surface area contributed by atoms with E-state index in [-0.39, 0.29) is 11.7 Å². The van der Waals surface area contributed by atoms with Crippen LogP contribution >= 0.6 is 0 Å². The first-order valence-corrected chi connectivity index (χ1v) is 6.84. The van der Waals surface area contributed by atoms with Gasteiger partial charge in [-0.2, -0.15) is 0 Å². The van der Waals surface area contributed by atoms with Gasteiger partial charge in [0.05, 0.1) is 6.26 Å². The maximum Gasteiger partial charge on any atom is 0.255 e. The smallest absolute Gasteiger partial charge is 0.255 e. The first-order valence-electron chi connectivity index (χ1n) is 6.84. The standard InChI is InChI=1S/C18H14FNO2/c1-12-2-3-13-11-14(8-9-22-17(13)10-12)18(21)20-16-6-4-15(19)5-7-16/h2-11H,1H3,(H,20,21). The molecule has 4 heteroatoms. The van der Waals surface area contributed by atoms with Gasteiger partial charge in [0.25, 0.3) is 5.91 Å². The van der Waals surface area contributed by atoms with Crippen molar-refractivity contribution in [1.82, 2.24) is 0 Å². The summed E-state index contributed by atoms with van der Waals surface area (Å²) >= 11 is 0. The molecule has 1 aliphatic rings. The second-order valence-electron chi connectivity index (χ2n) is 5.02. The molecule has 0 spiro atoms. The zero-order chi connectivity index (χ0) is 15.5. The fourth-order valence-corrected chi connectivity index (χ4v) is 2.14. The summed E-state index contributed by atoms with van der Waals surface area (Å²) < 4.78 is 18.4. The lowest BCUT2D eigenvalue weighted by Crippen LogP contribution is -2.13. The molecule has 1 heterocycles. The second-order valence-corrected chi connectivity index (χ2v) is 5.02. The Labute approximate surface area is 127 Å². The van der Waals surface area contributed by atoms with Crippen molar-refractivity contribution >= 4 is 17.7 Å². The topological polar surface area (TPSA) is 38.3 Å². The van der Waals surface area contributed by atoms with Crippen molar-refractivity contribution in [2.24, 2.45) is 0 Å². The monoisotopic (exact) mass is 295 g/mol. The molecule has 0 saturated carbocycles. The van der Waals surface area contributed by atoms with Crippen molar-refractivity contribution in [3.05, 3.63) is 77.3 Å². The van der Waals surface area contributed by atoms with Gasteiger partial charge in [-0.1, -0.05) is 12.1 Å². The van der Waals surface area contributed by atoms with E-state index in [9.17, 15) is 9.18 Å². The molecule has 2 aromatic rings. The molecule has 0 unspecified atom stereocenters. The van der Waals surface area contributed by atoms with Crippen LogP contribution in [0.4, 0.5) is 10.1 Å². The minimum Gasteiger partial charge on any atom is -0.464 e. The summed E-state index contributed by atoms with van der Waals surface area (Å²) in [5.74, 6) is 0.0880. The van der Waals surface area contributed by atoms with Crippen LogP contribution in [0, 0.1) is 12.7 Å². The van der Waals surface area contributed by atoms with Crippen molar-refractivity contribution in [2.75, 3.05) is 5.32 Å². The van der Waals surface area contributed by atoms with E-state index in [1.165, 1.54) is 30.5 Å². The fourth-order valence-electron chi connectivity index (χ4n) is 2.14. The maximum atomic E-state index is 12.9. The van der Waals surface area contributed by atoms with Crippen molar-refractivity contribution in [3.8, 4) is 5.75 Å². The number of aryl methyl sites for hydroxylation is 1. The van der Waals surface area contributed by atoms with Crippen LogP contribution in [0.2, 0.25) is 0 Å². The van der Waals surface area contributed by atoms with Crippen molar-refractivity contribution < 1.29 is 13.9 Å². The summed E-state index contributed by atoms with van der Waals surface area (Å²) in [6.07, 6.45) is 4.85. The van der Waals surface area contributed by atoms with Gasteiger partial charge in [-0.15, -0.1) is 0 Å². The normalized spacial score (nSPS) is 12.7. The Bertz CT molecular complexity index is 776. The zero-order valence-corrected chi connectivity index (χ0v) is 12.0. The zero-order valence-electron chi connectivity index (χ0n) is 12.0. The van der Waals surface area contributed by atoms with Crippen LogP contribution in [0.15, 0.2) is 60.4 Å². The molecule has 3 rings (SSSR count). The molecule has 0 aliphatic carbocycles. The van der Waals surface area contributed by atoms with Crippen LogP contribution in [0.3, 0.4) is 0 Å². The number of nitrogens with one attached hydrogen (secondary N) is 1. The molecule has 0 bridgehead atoms. The van der Waals surface area contributed by atoms with Crippen LogP contribution in [-0.2, 0) is 4.79 Å².